The largest absolute Gasteiger partial charge is 0.400 e. The number of rotatable bonds is 6. The molecule has 0 radical (unpaired) electrons. The summed E-state index contributed by atoms with van der Waals surface area (Å²) in [5.74, 6) is -0.722. The third-order valence-corrected chi connectivity index (χ3v) is 4.33. The zero-order valence-corrected chi connectivity index (χ0v) is 17.6. The van der Waals surface area contributed by atoms with Gasteiger partial charge in [0.1, 0.15) is 0 Å². The fourth-order valence-corrected chi connectivity index (χ4v) is 2.27. The van der Waals surface area contributed by atoms with Crippen LogP contribution in [0.4, 0.5) is 4.79 Å². The summed E-state index contributed by atoms with van der Waals surface area (Å²) >= 11 is 0. The average Bonchev–Trinajstić information content (AvgIpc) is 2.73. The second-order valence-electron chi connectivity index (χ2n) is 4.61. The molecule has 0 aliphatic heterocycles. The molecular formula is C19H29N3O5S. The lowest BCUT2D eigenvalue weighted by Crippen LogP contribution is -2.31. The van der Waals surface area contributed by atoms with Crippen molar-refractivity contribution in [1.82, 2.24) is 15.4 Å². The maximum Gasteiger partial charge on any atom is 0.318 e. The third kappa shape index (κ3) is 10.3. The van der Waals surface area contributed by atoms with Crippen LogP contribution in [0, 0.1) is 0 Å². The van der Waals surface area contributed by atoms with Gasteiger partial charge in [-0.05, 0) is 37.3 Å². The molecule has 0 saturated carbocycles. The molecule has 3 amide bonds. The molecule has 156 valence electrons. The minimum atomic E-state index is -3.99. The molecule has 0 atom stereocenters. The average molecular weight is 412 g/mol. The Morgan fingerprint density at radius 1 is 1.07 bits per heavy atom. The number of aliphatic hydroxyl groups is 1. The van der Waals surface area contributed by atoms with Crippen molar-refractivity contribution in [3.63, 3.8) is 0 Å². The van der Waals surface area contributed by atoms with Gasteiger partial charge in [0.05, 0.1) is 4.91 Å². The molecule has 9 heteroatoms. The van der Waals surface area contributed by atoms with Crippen LogP contribution in [0.1, 0.15) is 31.1 Å². The molecule has 0 unspecified atom stereocenters. The zero-order valence-electron chi connectivity index (χ0n) is 16.8. The zero-order chi connectivity index (χ0) is 22.2. The highest BCUT2D eigenvalue weighted by Crippen LogP contribution is 2.07. The maximum absolute atomic E-state index is 12.1. The van der Waals surface area contributed by atoms with Crippen LogP contribution in [0.3, 0.4) is 0 Å². The van der Waals surface area contributed by atoms with Gasteiger partial charge in [-0.1, -0.05) is 38.6 Å². The summed E-state index contributed by atoms with van der Waals surface area (Å²) in [6.45, 7) is 8.85. The predicted octanol–water partition coefficient (Wildman–Crippen LogP) is 2.28. The van der Waals surface area contributed by atoms with Gasteiger partial charge >= 0.3 is 6.03 Å². The topological polar surface area (TPSA) is 125 Å². The number of carbonyl (C=O) groups excluding carboxylic acids is 2. The van der Waals surface area contributed by atoms with Crippen LogP contribution in [0.15, 0.2) is 65.7 Å². The van der Waals surface area contributed by atoms with Crippen LogP contribution in [0.5, 0.6) is 0 Å². The molecule has 0 aromatic heterocycles. The lowest BCUT2D eigenvalue weighted by molar-refractivity contribution is 0.0981. The van der Waals surface area contributed by atoms with Crippen LogP contribution in [-0.2, 0) is 10.0 Å². The highest BCUT2D eigenvalue weighted by molar-refractivity contribution is 7.93. The molecule has 8 nitrogen and oxygen atoms in total. The SMILES string of the molecule is C=C/C(=C\C=C(/C)S(=O)(=O)NC(=O)c1ccccc1)NC(=O)NC.CC.CO. The van der Waals surface area contributed by atoms with Crippen molar-refractivity contribution in [3.05, 3.63) is 71.3 Å². The van der Waals surface area contributed by atoms with Gasteiger partial charge in [0.2, 0.25) is 0 Å². The van der Waals surface area contributed by atoms with Crippen molar-refractivity contribution in [1.29, 1.82) is 0 Å². The van der Waals surface area contributed by atoms with E-state index >= 15 is 0 Å². The first kappa shape index (κ1) is 27.3. The highest BCUT2D eigenvalue weighted by atomic mass is 32.2. The number of nitrogens with one attached hydrogen (secondary N) is 3. The molecule has 0 saturated heterocycles. The van der Waals surface area contributed by atoms with Gasteiger partial charge in [0.25, 0.3) is 15.9 Å². The normalized spacial score (nSPS) is 10.9. The van der Waals surface area contributed by atoms with E-state index in [-0.39, 0.29) is 10.5 Å². The Morgan fingerprint density at radius 3 is 2.07 bits per heavy atom. The number of sulfonamides is 1. The van der Waals surface area contributed by atoms with Gasteiger partial charge in [0, 0.05) is 25.4 Å². The lowest BCUT2D eigenvalue weighted by atomic mass is 10.2. The molecule has 0 fully saturated rings. The Balaban J connectivity index is 0. The van der Waals surface area contributed by atoms with Crippen molar-refractivity contribution < 1.29 is 23.1 Å². The van der Waals surface area contributed by atoms with Gasteiger partial charge < -0.3 is 15.7 Å². The smallest absolute Gasteiger partial charge is 0.318 e. The minimum absolute atomic E-state index is 0.0927. The van der Waals surface area contributed by atoms with Gasteiger partial charge in [-0.2, -0.15) is 0 Å². The Kier molecular flexibility index (Phi) is 14.8. The first-order valence-electron chi connectivity index (χ1n) is 8.37. The van der Waals surface area contributed by atoms with E-state index in [1.807, 2.05) is 18.6 Å². The van der Waals surface area contributed by atoms with Crippen LogP contribution < -0.4 is 15.4 Å². The first-order chi connectivity index (χ1) is 13.3. The molecule has 0 bridgehead atoms. The number of carbonyl (C=O) groups is 2. The van der Waals surface area contributed by atoms with Crippen molar-refractivity contribution in [2.45, 2.75) is 20.8 Å². The molecule has 0 aliphatic rings. The Hall–Kier alpha value is -2.91. The van der Waals surface area contributed by atoms with E-state index in [0.29, 0.717) is 5.70 Å². The Bertz CT molecular complexity index is 785. The highest BCUT2D eigenvalue weighted by Gasteiger charge is 2.17. The maximum atomic E-state index is 12.1. The van der Waals surface area contributed by atoms with Gasteiger partial charge in [0.15, 0.2) is 0 Å². The molecule has 0 spiro atoms. The molecule has 1 aromatic carbocycles. The quantitative estimate of drug-likeness (QED) is 0.535. The summed E-state index contributed by atoms with van der Waals surface area (Å²) < 4.78 is 26.3. The number of amides is 3. The fourth-order valence-electron chi connectivity index (χ4n) is 1.50. The van der Waals surface area contributed by atoms with Crippen LogP contribution in [0.2, 0.25) is 0 Å². The van der Waals surface area contributed by atoms with Crippen molar-refractivity contribution in [2.24, 2.45) is 0 Å². The van der Waals surface area contributed by atoms with Crippen LogP contribution >= 0.6 is 0 Å². The Morgan fingerprint density at radius 2 is 1.61 bits per heavy atom. The number of allylic oxidation sites excluding steroid dienone is 4. The predicted molar refractivity (Wildman–Crippen MR) is 112 cm³/mol. The van der Waals surface area contributed by atoms with Gasteiger partial charge in [-0.25, -0.2) is 17.9 Å². The molecule has 0 aliphatic carbocycles. The molecule has 1 aromatic rings. The van der Waals surface area contributed by atoms with E-state index in [0.717, 1.165) is 7.11 Å². The second-order valence-corrected chi connectivity index (χ2v) is 6.46. The van der Waals surface area contributed by atoms with Crippen molar-refractivity contribution in [2.75, 3.05) is 14.2 Å². The summed E-state index contributed by atoms with van der Waals surface area (Å²) in [4.78, 5) is 23.1. The third-order valence-electron chi connectivity index (χ3n) is 2.89. The minimum Gasteiger partial charge on any atom is -0.400 e. The Labute approximate surface area is 167 Å². The number of benzene rings is 1. The summed E-state index contributed by atoms with van der Waals surface area (Å²) in [5.41, 5.74) is 0.538. The van der Waals surface area contributed by atoms with Crippen molar-refractivity contribution >= 4 is 22.0 Å². The first-order valence-corrected chi connectivity index (χ1v) is 9.85. The molecule has 28 heavy (non-hydrogen) atoms. The lowest BCUT2D eigenvalue weighted by Gasteiger charge is -2.07. The number of urea groups is 1. The van der Waals surface area contributed by atoms with E-state index < -0.39 is 22.0 Å². The van der Waals surface area contributed by atoms with E-state index in [2.05, 4.69) is 17.2 Å². The number of aliphatic hydroxyl groups excluding tert-OH is 1. The molecule has 1 rings (SSSR count). The monoisotopic (exact) mass is 411 g/mol. The second kappa shape index (κ2) is 15.2. The summed E-state index contributed by atoms with van der Waals surface area (Å²) in [5, 5.41) is 11.8. The summed E-state index contributed by atoms with van der Waals surface area (Å²) in [6.07, 6.45) is 3.98. The molecule has 0 heterocycles. The molecular weight excluding hydrogens is 382 g/mol. The number of hydrogen-bond acceptors (Lipinski definition) is 5. The van der Waals surface area contributed by atoms with Gasteiger partial charge in [-0.15, -0.1) is 0 Å². The van der Waals surface area contributed by atoms with Crippen molar-refractivity contribution in [3.8, 4) is 0 Å². The standard InChI is InChI=1S/C16H19N3O4S.C2H6.CH4O/c1-4-14(18-16(21)17-3)11-10-12(2)24(22,23)19-15(20)13-8-6-5-7-9-13;2*1-2/h4-11H,1H2,2-3H3,(H,19,20)(H2,17,18,21);1-2H3;2H,1H3/b12-10+,14-11+;;. The fraction of sp³-hybridized carbons (Fsp3) is 0.263. The molecule has 4 N–H and O–H groups in total. The summed E-state index contributed by atoms with van der Waals surface area (Å²) in [7, 11) is -1.55. The van der Waals surface area contributed by atoms with E-state index in [9.17, 15) is 18.0 Å². The number of hydrogen-bond donors (Lipinski definition) is 4. The van der Waals surface area contributed by atoms with E-state index in [4.69, 9.17) is 5.11 Å². The van der Waals surface area contributed by atoms with Gasteiger partial charge in [-0.3, -0.25) is 4.79 Å². The van der Waals surface area contributed by atoms with E-state index in [1.165, 1.54) is 44.3 Å². The van der Waals surface area contributed by atoms with Crippen LogP contribution in [0.25, 0.3) is 0 Å². The summed E-state index contributed by atoms with van der Waals surface area (Å²) in [6, 6.07) is 7.53. The van der Waals surface area contributed by atoms with E-state index in [1.54, 1.807) is 18.2 Å². The van der Waals surface area contributed by atoms with Crippen LogP contribution in [-0.4, -0.2) is 39.6 Å².